The van der Waals surface area contributed by atoms with Gasteiger partial charge in [0.1, 0.15) is 5.76 Å². The molecule has 1 saturated heterocycles. The van der Waals surface area contributed by atoms with Gasteiger partial charge in [0.25, 0.3) is 11.8 Å². The van der Waals surface area contributed by atoms with E-state index in [0.29, 0.717) is 17.7 Å². The summed E-state index contributed by atoms with van der Waals surface area (Å²) in [6.07, 6.45) is 7.35. The van der Waals surface area contributed by atoms with E-state index in [4.69, 9.17) is 4.42 Å². The van der Waals surface area contributed by atoms with E-state index in [9.17, 15) is 9.59 Å². The maximum atomic E-state index is 13.3. The van der Waals surface area contributed by atoms with E-state index >= 15 is 0 Å². The summed E-state index contributed by atoms with van der Waals surface area (Å²) >= 11 is 3.32. The van der Waals surface area contributed by atoms with Crippen molar-refractivity contribution in [2.75, 3.05) is 27.2 Å². The van der Waals surface area contributed by atoms with Crippen LogP contribution in [-0.2, 0) is 6.42 Å². The van der Waals surface area contributed by atoms with E-state index in [-0.39, 0.29) is 17.9 Å². The average molecular weight is 502 g/mol. The molecule has 4 rings (SSSR count). The molecule has 3 heterocycles. The molecule has 2 aromatic heterocycles. The van der Waals surface area contributed by atoms with Crippen LogP contribution in [0.25, 0.3) is 0 Å². The summed E-state index contributed by atoms with van der Waals surface area (Å²) in [5.41, 5.74) is 5.43. The molecule has 1 N–H and O–H groups in total. The number of rotatable bonds is 4. The summed E-state index contributed by atoms with van der Waals surface area (Å²) in [5.74, 6) is 0.729. The fraction of sp³-hybridized carbons (Fsp3) is 0.478. The molecule has 0 atom stereocenters. The number of piperidine rings is 1. The zero-order valence-electron chi connectivity index (χ0n) is 18.7. The average Bonchev–Trinajstić information content (AvgIpc) is 3.14. The van der Waals surface area contributed by atoms with Crippen LogP contribution in [0.15, 0.2) is 32.5 Å². The van der Waals surface area contributed by atoms with Crippen LogP contribution in [0.4, 0.5) is 0 Å². The van der Waals surface area contributed by atoms with Crippen LogP contribution in [0.1, 0.15) is 63.5 Å². The van der Waals surface area contributed by atoms with E-state index in [1.807, 2.05) is 18.9 Å². The Hall–Kier alpha value is -2.52. The zero-order chi connectivity index (χ0) is 22.8. The zero-order valence-corrected chi connectivity index (χ0v) is 20.2. The predicted molar refractivity (Wildman–Crippen MR) is 125 cm³/mol. The smallest absolute Gasteiger partial charge is 0.289 e. The van der Waals surface area contributed by atoms with Crippen molar-refractivity contribution in [3.63, 3.8) is 0 Å². The second-order valence-corrected chi connectivity index (χ2v) is 9.47. The molecule has 0 unspecified atom stereocenters. The normalized spacial score (nSPS) is 18.4. The van der Waals surface area contributed by atoms with Crippen LogP contribution in [0.5, 0.6) is 0 Å². The Kier molecular flexibility index (Phi) is 6.76. The van der Waals surface area contributed by atoms with Crippen molar-refractivity contribution in [1.82, 2.24) is 20.2 Å². The number of hydrazone groups is 1. The third-order valence-corrected chi connectivity index (χ3v) is 6.77. The van der Waals surface area contributed by atoms with E-state index in [0.717, 1.165) is 65.8 Å². The van der Waals surface area contributed by atoms with Crippen molar-refractivity contribution < 1.29 is 14.0 Å². The standard InChI is InChI=1S/C23H28BrN5O3/c1-14-20-18(26-27-22(30)15-11-16(24)13-25-12-15)5-4-6-19(20)32-21(14)23(31)29(3)17-7-9-28(2)10-8-17/h11-13,17H,4-10H2,1-3H3,(H,27,30)/b26-18+. The lowest BCUT2D eigenvalue weighted by atomic mass is 9.93. The molecule has 2 aliphatic rings. The first-order valence-electron chi connectivity index (χ1n) is 10.9. The third-order valence-electron chi connectivity index (χ3n) is 6.34. The first kappa shape index (κ1) is 22.7. The molecule has 1 fully saturated rings. The van der Waals surface area contributed by atoms with Crippen LogP contribution >= 0.6 is 15.9 Å². The number of fused-ring (bicyclic) bond motifs is 1. The topological polar surface area (TPSA) is 91.0 Å². The summed E-state index contributed by atoms with van der Waals surface area (Å²) in [7, 11) is 3.97. The summed E-state index contributed by atoms with van der Waals surface area (Å²) in [6, 6.07) is 1.90. The van der Waals surface area contributed by atoms with Gasteiger partial charge in [-0.25, -0.2) is 5.43 Å². The van der Waals surface area contributed by atoms with Crippen LogP contribution in [0.3, 0.4) is 0 Å². The minimum atomic E-state index is -0.335. The number of nitrogens with zero attached hydrogens (tertiary/aromatic N) is 4. The maximum absolute atomic E-state index is 13.3. The maximum Gasteiger partial charge on any atom is 0.289 e. The number of nitrogens with one attached hydrogen (secondary N) is 1. The Labute approximate surface area is 196 Å². The highest BCUT2D eigenvalue weighted by molar-refractivity contribution is 9.10. The molecule has 2 aromatic rings. The van der Waals surface area contributed by atoms with Crippen LogP contribution in [0.2, 0.25) is 0 Å². The van der Waals surface area contributed by atoms with Gasteiger partial charge in [0, 0.05) is 47.5 Å². The molecule has 0 radical (unpaired) electrons. The van der Waals surface area contributed by atoms with Crippen LogP contribution in [-0.4, -0.2) is 65.5 Å². The first-order chi connectivity index (χ1) is 15.3. The summed E-state index contributed by atoms with van der Waals surface area (Å²) in [4.78, 5) is 33.8. The van der Waals surface area contributed by atoms with E-state index in [2.05, 4.69) is 43.4 Å². The fourth-order valence-electron chi connectivity index (χ4n) is 4.41. The number of furan rings is 1. The van der Waals surface area contributed by atoms with Crippen molar-refractivity contribution in [3.8, 4) is 0 Å². The molecule has 8 nitrogen and oxygen atoms in total. The minimum Gasteiger partial charge on any atom is -0.455 e. The molecule has 1 aliphatic heterocycles. The van der Waals surface area contributed by atoms with Crippen molar-refractivity contribution in [2.24, 2.45) is 5.10 Å². The lowest BCUT2D eigenvalue weighted by Crippen LogP contribution is -2.44. The number of carbonyl (C=O) groups is 2. The number of hydrogen-bond donors (Lipinski definition) is 1. The molecule has 0 saturated carbocycles. The van der Waals surface area contributed by atoms with Gasteiger partial charge in [-0.2, -0.15) is 5.10 Å². The monoisotopic (exact) mass is 501 g/mol. The number of aromatic nitrogens is 1. The largest absolute Gasteiger partial charge is 0.455 e. The molecule has 2 amide bonds. The second kappa shape index (κ2) is 9.54. The number of likely N-dealkylation sites (tertiary alicyclic amines) is 1. The van der Waals surface area contributed by atoms with Gasteiger partial charge in [-0.15, -0.1) is 0 Å². The Morgan fingerprint density at radius 1 is 1.28 bits per heavy atom. The van der Waals surface area contributed by atoms with Crippen molar-refractivity contribution in [2.45, 2.75) is 45.1 Å². The first-order valence-corrected chi connectivity index (χ1v) is 11.7. The minimum absolute atomic E-state index is 0.0879. The number of carbonyl (C=O) groups excluding carboxylic acids is 2. The second-order valence-electron chi connectivity index (χ2n) is 8.55. The van der Waals surface area contributed by atoms with Gasteiger partial charge in [-0.1, -0.05) is 0 Å². The molecule has 0 aromatic carbocycles. The Morgan fingerprint density at radius 2 is 2.03 bits per heavy atom. The Balaban J connectivity index is 1.54. The van der Waals surface area contributed by atoms with E-state index in [1.54, 1.807) is 12.3 Å². The number of amides is 2. The van der Waals surface area contributed by atoms with Gasteiger partial charge in [0.15, 0.2) is 5.76 Å². The van der Waals surface area contributed by atoms with Gasteiger partial charge < -0.3 is 14.2 Å². The van der Waals surface area contributed by atoms with Gasteiger partial charge >= 0.3 is 0 Å². The predicted octanol–water partition coefficient (Wildman–Crippen LogP) is 3.38. The molecule has 1 aliphatic carbocycles. The summed E-state index contributed by atoms with van der Waals surface area (Å²) in [6.45, 7) is 3.87. The summed E-state index contributed by atoms with van der Waals surface area (Å²) in [5, 5.41) is 4.39. The lowest BCUT2D eigenvalue weighted by Gasteiger charge is -2.34. The number of aryl methyl sites for hydroxylation is 1. The molecule has 0 bridgehead atoms. The van der Waals surface area contributed by atoms with E-state index in [1.165, 1.54) is 6.20 Å². The third kappa shape index (κ3) is 4.63. The highest BCUT2D eigenvalue weighted by Gasteiger charge is 2.32. The highest BCUT2D eigenvalue weighted by Crippen LogP contribution is 2.31. The fourth-order valence-corrected chi connectivity index (χ4v) is 4.78. The quantitative estimate of drug-likeness (QED) is 0.648. The van der Waals surface area contributed by atoms with Crippen molar-refractivity contribution in [3.05, 3.63) is 51.1 Å². The number of pyridine rings is 1. The Morgan fingerprint density at radius 3 is 2.75 bits per heavy atom. The summed E-state index contributed by atoms with van der Waals surface area (Å²) < 4.78 is 6.78. The molecule has 170 valence electrons. The number of hydrogen-bond acceptors (Lipinski definition) is 6. The van der Waals surface area contributed by atoms with Crippen molar-refractivity contribution in [1.29, 1.82) is 0 Å². The number of halogens is 1. The van der Waals surface area contributed by atoms with Gasteiger partial charge in [0.05, 0.1) is 11.3 Å². The SMILES string of the molecule is Cc1c(C(=O)N(C)C2CCN(C)CC2)oc2c1/C(=N/NC(=O)c1cncc(Br)c1)CCC2. The van der Waals surface area contributed by atoms with Gasteiger partial charge in [0.2, 0.25) is 0 Å². The van der Waals surface area contributed by atoms with Crippen LogP contribution in [0, 0.1) is 6.92 Å². The highest BCUT2D eigenvalue weighted by atomic mass is 79.9. The Bertz CT molecular complexity index is 1060. The van der Waals surface area contributed by atoms with E-state index < -0.39 is 0 Å². The molecule has 0 spiro atoms. The lowest BCUT2D eigenvalue weighted by molar-refractivity contribution is 0.0625. The molecule has 32 heavy (non-hydrogen) atoms. The molecular weight excluding hydrogens is 474 g/mol. The van der Waals surface area contributed by atoms with Crippen molar-refractivity contribution >= 4 is 33.5 Å². The van der Waals surface area contributed by atoms with Gasteiger partial charge in [-0.3, -0.25) is 14.6 Å². The van der Waals surface area contributed by atoms with Gasteiger partial charge in [-0.05, 0) is 74.7 Å². The van der Waals surface area contributed by atoms with Crippen LogP contribution < -0.4 is 5.43 Å². The molecular formula is C23H28BrN5O3. The molecule has 9 heteroatoms.